The van der Waals surface area contributed by atoms with Crippen LogP contribution in [-0.2, 0) is 17.8 Å². The number of fused-ring (bicyclic) bond motifs is 1. The van der Waals surface area contributed by atoms with Crippen LogP contribution in [0, 0.1) is 0 Å². The molecule has 1 aliphatic heterocycles. The number of nitrogens with one attached hydrogen (secondary N) is 2. The van der Waals surface area contributed by atoms with Crippen LogP contribution < -0.4 is 10.6 Å². The summed E-state index contributed by atoms with van der Waals surface area (Å²) in [5.41, 5.74) is 2.19. The molecule has 0 aliphatic carbocycles. The minimum absolute atomic E-state index is 0.0593. The first-order chi connectivity index (χ1) is 8.83. The summed E-state index contributed by atoms with van der Waals surface area (Å²) in [6.07, 6.45) is 1.94. The maximum Gasteiger partial charge on any atom is 0.243 e. The number of anilines is 1. The van der Waals surface area contributed by atoms with Crippen molar-refractivity contribution >= 4 is 11.6 Å². The monoisotopic (exact) mass is 244 g/mol. The van der Waals surface area contributed by atoms with Gasteiger partial charge in [0.05, 0.1) is 6.54 Å². The molecular weight excluding hydrogens is 232 g/mol. The molecule has 2 N–H and O–H groups in total. The van der Waals surface area contributed by atoms with Crippen LogP contribution in [0.2, 0.25) is 0 Å². The maximum atomic E-state index is 11.9. The van der Waals surface area contributed by atoms with Crippen molar-refractivity contribution in [1.82, 2.24) is 15.5 Å². The van der Waals surface area contributed by atoms with E-state index in [-0.39, 0.29) is 18.5 Å². The molecular formula is C12H12N4O2. The lowest BCUT2D eigenvalue weighted by atomic mass is 10.1. The molecule has 0 radical (unpaired) electrons. The van der Waals surface area contributed by atoms with Crippen molar-refractivity contribution in [2.75, 3.05) is 5.32 Å². The lowest BCUT2D eigenvalue weighted by molar-refractivity contribution is -0.121. The Morgan fingerprint density at radius 1 is 1.50 bits per heavy atom. The van der Waals surface area contributed by atoms with Crippen LogP contribution >= 0.6 is 0 Å². The summed E-state index contributed by atoms with van der Waals surface area (Å²) in [5, 5.41) is 9.60. The number of nitrogens with zero attached hydrogens (tertiary/aromatic N) is 2. The highest BCUT2D eigenvalue weighted by molar-refractivity contribution is 5.87. The highest BCUT2D eigenvalue weighted by atomic mass is 16.5. The number of hydrogen-bond donors (Lipinski definition) is 2. The lowest BCUT2D eigenvalue weighted by Gasteiger charge is -2.10. The Kier molecular flexibility index (Phi) is 2.68. The second-order valence-corrected chi connectivity index (χ2v) is 4.12. The fourth-order valence-corrected chi connectivity index (χ4v) is 2.02. The molecule has 0 fully saturated rings. The molecule has 2 aromatic rings. The Morgan fingerprint density at radius 3 is 3.17 bits per heavy atom. The summed E-state index contributed by atoms with van der Waals surface area (Å²) in [6.45, 7) is 0.282. The van der Waals surface area contributed by atoms with Crippen molar-refractivity contribution in [2.45, 2.75) is 19.0 Å². The largest absolute Gasteiger partial charge is 0.373 e. The summed E-state index contributed by atoms with van der Waals surface area (Å²) in [7, 11) is 0. The summed E-state index contributed by atoms with van der Waals surface area (Å²) >= 11 is 0. The smallest absolute Gasteiger partial charge is 0.243 e. The van der Waals surface area contributed by atoms with E-state index < -0.39 is 0 Å². The van der Waals surface area contributed by atoms with Gasteiger partial charge in [0, 0.05) is 12.1 Å². The third kappa shape index (κ3) is 2.04. The van der Waals surface area contributed by atoms with E-state index in [1.165, 1.54) is 6.39 Å². The van der Waals surface area contributed by atoms with Gasteiger partial charge in [-0.15, -0.1) is 0 Å². The zero-order valence-corrected chi connectivity index (χ0v) is 9.59. The molecule has 0 unspecified atom stereocenters. The fourth-order valence-electron chi connectivity index (χ4n) is 2.02. The van der Waals surface area contributed by atoms with E-state index in [0.717, 1.165) is 11.3 Å². The zero-order valence-electron chi connectivity index (χ0n) is 9.59. The standard InChI is InChI=1S/C12H12N4O2/c17-12(13-6-11-14-7-18-16-11)10-5-8-3-1-2-4-9(8)15-10/h1-4,7,10,15H,5-6H2,(H,13,17)/t10-/m0/s1. The Hall–Kier alpha value is -2.37. The van der Waals surface area contributed by atoms with Crippen LogP contribution in [0.1, 0.15) is 11.4 Å². The highest BCUT2D eigenvalue weighted by Gasteiger charge is 2.26. The minimum atomic E-state index is -0.227. The van der Waals surface area contributed by atoms with Crippen molar-refractivity contribution < 1.29 is 9.32 Å². The third-order valence-electron chi connectivity index (χ3n) is 2.92. The van der Waals surface area contributed by atoms with E-state index in [9.17, 15) is 4.79 Å². The van der Waals surface area contributed by atoms with Gasteiger partial charge in [-0.1, -0.05) is 23.4 Å². The molecule has 6 nitrogen and oxygen atoms in total. The second-order valence-electron chi connectivity index (χ2n) is 4.12. The molecule has 92 valence electrons. The van der Waals surface area contributed by atoms with Crippen LogP contribution in [0.5, 0.6) is 0 Å². The van der Waals surface area contributed by atoms with Gasteiger partial charge in [0.1, 0.15) is 6.04 Å². The molecule has 1 aromatic carbocycles. The summed E-state index contributed by atoms with van der Waals surface area (Å²) < 4.78 is 4.59. The van der Waals surface area contributed by atoms with Gasteiger partial charge in [-0.25, -0.2) is 0 Å². The average molecular weight is 244 g/mol. The van der Waals surface area contributed by atoms with Gasteiger partial charge < -0.3 is 15.2 Å². The molecule has 0 saturated carbocycles. The van der Waals surface area contributed by atoms with E-state index in [2.05, 4.69) is 25.3 Å². The van der Waals surface area contributed by atoms with Crippen molar-refractivity contribution in [2.24, 2.45) is 0 Å². The Morgan fingerprint density at radius 2 is 2.39 bits per heavy atom. The van der Waals surface area contributed by atoms with Crippen molar-refractivity contribution in [3.05, 3.63) is 42.0 Å². The first-order valence-corrected chi connectivity index (χ1v) is 5.70. The molecule has 0 saturated heterocycles. The van der Waals surface area contributed by atoms with Gasteiger partial charge in [0.25, 0.3) is 0 Å². The van der Waals surface area contributed by atoms with Crippen molar-refractivity contribution in [3.8, 4) is 0 Å². The number of hydrogen-bond acceptors (Lipinski definition) is 5. The summed E-state index contributed by atoms with van der Waals surface area (Å²) in [6, 6.07) is 7.69. The summed E-state index contributed by atoms with van der Waals surface area (Å²) in [4.78, 5) is 15.8. The number of aromatic nitrogens is 2. The van der Waals surface area contributed by atoms with Crippen LogP contribution in [0.4, 0.5) is 5.69 Å². The number of para-hydroxylation sites is 1. The van der Waals surface area contributed by atoms with E-state index >= 15 is 0 Å². The fraction of sp³-hybridized carbons (Fsp3) is 0.250. The lowest BCUT2D eigenvalue weighted by Crippen LogP contribution is -2.38. The average Bonchev–Trinajstić information content (AvgIpc) is 3.04. The molecule has 1 aromatic heterocycles. The molecule has 0 spiro atoms. The van der Waals surface area contributed by atoms with Crippen LogP contribution in [0.25, 0.3) is 0 Å². The predicted molar refractivity (Wildman–Crippen MR) is 63.7 cm³/mol. The quantitative estimate of drug-likeness (QED) is 0.831. The van der Waals surface area contributed by atoms with Gasteiger partial charge in [-0.2, -0.15) is 4.98 Å². The SMILES string of the molecule is O=C(NCc1ncon1)[C@@H]1Cc2ccccc2N1. The Bertz CT molecular complexity index is 528. The van der Waals surface area contributed by atoms with Gasteiger partial charge >= 0.3 is 0 Å². The van der Waals surface area contributed by atoms with Gasteiger partial charge in [-0.05, 0) is 11.6 Å². The number of carbonyl (C=O) groups is 1. The molecule has 2 heterocycles. The normalized spacial score (nSPS) is 17.0. The van der Waals surface area contributed by atoms with E-state index in [1.54, 1.807) is 0 Å². The molecule has 6 heteroatoms. The van der Waals surface area contributed by atoms with E-state index in [0.29, 0.717) is 12.2 Å². The van der Waals surface area contributed by atoms with Crippen LogP contribution in [0.15, 0.2) is 35.2 Å². The topological polar surface area (TPSA) is 80.1 Å². The number of benzene rings is 1. The van der Waals surface area contributed by atoms with Gasteiger partial charge in [-0.3, -0.25) is 4.79 Å². The molecule has 1 atom stereocenters. The molecule has 0 bridgehead atoms. The van der Waals surface area contributed by atoms with E-state index in [1.807, 2.05) is 24.3 Å². The molecule has 1 amide bonds. The number of rotatable bonds is 3. The van der Waals surface area contributed by atoms with Crippen LogP contribution in [-0.4, -0.2) is 22.1 Å². The molecule has 18 heavy (non-hydrogen) atoms. The van der Waals surface area contributed by atoms with Crippen molar-refractivity contribution in [3.63, 3.8) is 0 Å². The third-order valence-corrected chi connectivity index (χ3v) is 2.92. The first kappa shape index (κ1) is 10.8. The Balaban J connectivity index is 1.59. The molecule has 3 rings (SSSR count). The van der Waals surface area contributed by atoms with Crippen molar-refractivity contribution in [1.29, 1.82) is 0 Å². The van der Waals surface area contributed by atoms with Crippen LogP contribution in [0.3, 0.4) is 0 Å². The number of carbonyl (C=O) groups excluding carboxylic acids is 1. The minimum Gasteiger partial charge on any atom is -0.373 e. The first-order valence-electron chi connectivity index (χ1n) is 5.70. The zero-order chi connectivity index (χ0) is 12.4. The van der Waals surface area contributed by atoms with Gasteiger partial charge in [0.2, 0.25) is 12.3 Å². The Labute approximate surface area is 103 Å². The second kappa shape index (κ2) is 4.48. The van der Waals surface area contributed by atoms with E-state index in [4.69, 9.17) is 0 Å². The molecule has 1 aliphatic rings. The highest BCUT2D eigenvalue weighted by Crippen LogP contribution is 2.24. The van der Waals surface area contributed by atoms with Gasteiger partial charge in [0.15, 0.2) is 5.82 Å². The number of amides is 1. The maximum absolute atomic E-state index is 11.9. The summed E-state index contributed by atoms with van der Waals surface area (Å²) in [5.74, 6) is 0.412. The predicted octanol–water partition coefficient (Wildman–Crippen LogP) is 0.723.